The monoisotopic (exact) mass is 221 g/mol. The van der Waals surface area contributed by atoms with Gasteiger partial charge in [-0.1, -0.05) is 5.16 Å². The molecule has 0 unspecified atom stereocenters. The van der Waals surface area contributed by atoms with Crippen LogP contribution in [0, 0.1) is 23.0 Å². The zero-order chi connectivity index (χ0) is 11.7. The van der Waals surface area contributed by atoms with Gasteiger partial charge in [0.05, 0.1) is 17.3 Å². The molecule has 0 aliphatic heterocycles. The van der Waals surface area contributed by atoms with Gasteiger partial charge in [0, 0.05) is 11.6 Å². The van der Waals surface area contributed by atoms with Crippen LogP contribution in [-0.2, 0) is 0 Å². The van der Waals surface area contributed by atoms with Gasteiger partial charge in [-0.05, 0) is 6.07 Å². The SMILES string of the molecule is N#Cc1cc(-c2cnoc2N)c(F)cc1F. The molecule has 0 fully saturated rings. The molecule has 1 heterocycles. The van der Waals surface area contributed by atoms with Gasteiger partial charge in [-0.25, -0.2) is 8.78 Å². The molecule has 0 spiro atoms. The molecule has 0 atom stereocenters. The summed E-state index contributed by atoms with van der Waals surface area (Å²) in [6.07, 6.45) is 1.20. The lowest BCUT2D eigenvalue weighted by atomic mass is 10.0. The summed E-state index contributed by atoms with van der Waals surface area (Å²) in [4.78, 5) is 0. The third-order valence-corrected chi connectivity index (χ3v) is 2.07. The van der Waals surface area contributed by atoms with Crippen molar-refractivity contribution in [2.45, 2.75) is 0 Å². The fourth-order valence-corrected chi connectivity index (χ4v) is 1.29. The third-order valence-electron chi connectivity index (χ3n) is 2.07. The zero-order valence-electron chi connectivity index (χ0n) is 7.87. The molecule has 2 rings (SSSR count). The first-order valence-corrected chi connectivity index (χ1v) is 4.23. The number of hydrogen-bond acceptors (Lipinski definition) is 4. The van der Waals surface area contributed by atoms with Crippen LogP contribution < -0.4 is 5.73 Å². The molecule has 0 aliphatic rings. The lowest BCUT2D eigenvalue weighted by Gasteiger charge is -2.02. The van der Waals surface area contributed by atoms with Gasteiger partial charge in [-0.2, -0.15) is 5.26 Å². The van der Waals surface area contributed by atoms with Crippen LogP contribution in [0.15, 0.2) is 22.9 Å². The molecule has 1 aromatic heterocycles. The number of rotatable bonds is 1. The van der Waals surface area contributed by atoms with E-state index in [-0.39, 0.29) is 22.6 Å². The minimum Gasteiger partial charge on any atom is -0.367 e. The summed E-state index contributed by atoms with van der Waals surface area (Å²) in [5, 5.41) is 12.0. The largest absolute Gasteiger partial charge is 0.367 e. The highest BCUT2D eigenvalue weighted by Gasteiger charge is 2.15. The summed E-state index contributed by atoms with van der Waals surface area (Å²) < 4.78 is 31.0. The Morgan fingerprint density at radius 2 is 2.00 bits per heavy atom. The smallest absolute Gasteiger partial charge is 0.230 e. The fraction of sp³-hybridized carbons (Fsp3) is 0. The van der Waals surface area contributed by atoms with E-state index in [1.807, 2.05) is 0 Å². The van der Waals surface area contributed by atoms with E-state index in [0.717, 1.165) is 6.07 Å². The maximum absolute atomic E-state index is 13.4. The molecule has 2 N–H and O–H groups in total. The summed E-state index contributed by atoms with van der Waals surface area (Å²) in [5.74, 6) is -1.83. The molecule has 80 valence electrons. The number of nitriles is 1. The highest BCUT2D eigenvalue weighted by atomic mass is 19.1. The topological polar surface area (TPSA) is 75.8 Å². The first-order valence-electron chi connectivity index (χ1n) is 4.23. The Balaban J connectivity index is 2.67. The van der Waals surface area contributed by atoms with Crippen molar-refractivity contribution in [2.75, 3.05) is 5.73 Å². The van der Waals surface area contributed by atoms with Gasteiger partial charge < -0.3 is 10.3 Å². The second-order valence-electron chi connectivity index (χ2n) is 3.03. The van der Waals surface area contributed by atoms with Crippen LogP contribution in [0.25, 0.3) is 11.1 Å². The average molecular weight is 221 g/mol. The van der Waals surface area contributed by atoms with Crippen molar-refractivity contribution in [1.82, 2.24) is 5.16 Å². The van der Waals surface area contributed by atoms with Crippen LogP contribution in [-0.4, -0.2) is 5.16 Å². The number of aromatic nitrogens is 1. The molecule has 0 bridgehead atoms. The number of halogens is 2. The Bertz CT molecular complexity index is 586. The van der Waals surface area contributed by atoms with E-state index >= 15 is 0 Å². The van der Waals surface area contributed by atoms with E-state index in [1.54, 1.807) is 6.07 Å². The molecule has 0 saturated heterocycles. The third kappa shape index (κ3) is 1.48. The number of nitrogens with zero attached hydrogens (tertiary/aromatic N) is 2. The van der Waals surface area contributed by atoms with Gasteiger partial charge in [-0.15, -0.1) is 0 Å². The fourth-order valence-electron chi connectivity index (χ4n) is 1.29. The van der Waals surface area contributed by atoms with Gasteiger partial charge >= 0.3 is 0 Å². The summed E-state index contributed by atoms with van der Waals surface area (Å²) >= 11 is 0. The van der Waals surface area contributed by atoms with Crippen molar-refractivity contribution >= 4 is 5.88 Å². The van der Waals surface area contributed by atoms with Crippen LogP contribution in [0.3, 0.4) is 0 Å². The Morgan fingerprint density at radius 3 is 2.56 bits per heavy atom. The van der Waals surface area contributed by atoms with Gasteiger partial charge in [0.1, 0.15) is 17.7 Å². The minimum absolute atomic E-state index is 0.0169. The molecule has 6 heteroatoms. The molecule has 1 aromatic carbocycles. The van der Waals surface area contributed by atoms with Crippen molar-refractivity contribution < 1.29 is 13.3 Å². The van der Waals surface area contributed by atoms with Crippen molar-refractivity contribution in [2.24, 2.45) is 0 Å². The Hall–Kier alpha value is -2.42. The average Bonchev–Trinajstić information content (AvgIpc) is 2.65. The van der Waals surface area contributed by atoms with Crippen LogP contribution in [0.4, 0.5) is 14.7 Å². The maximum atomic E-state index is 13.4. The molecule has 0 aliphatic carbocycles. The Kier molecular flexibility index (Phi) is 2.29. The molecular formula is C10H5F2N3O. The molecule has 0 saturated carbocycles. The van der Waals surface area contributed by atoms with Crippen molar-refractivity contribution in [3.05, 3.63) is 35.5 Å². The van der Waals surface area contributed by atoms with Crippen LogP contribution >= 0.6 is 0 Å². The van der Waals surface area contributed by atoms with Crippen LogP contribution in [0.2, 0.25) is 0 Å². The van der Waals surface area contributed by atoms with E-state index < -0.39 is 11.6 Å². The second-order valence-corrected chi connectivity index (χ2v) is 3.03. The van der Waals surface area contributed by atoms with Crippen molar-refractivity contribution in [1.29, 1.82) is 5.26 Å². The maximum Gasteiger partial charge on any atom is 0.230 e. The molecule has 2 aromatic rings. The van der Waals surface area contributed by atoms with Crippen LogP contribution in [0.1, 0.15) is 5.56 Å². The molecule has 0 radical (unpaired) electrons. The number of nitrogens with two attached hydrogens (primary N) is 1. The van der Waals surface area contributed by atoms with E-state index in [2.05, 4.69) is 9.68 Å². The first kappa shape index (κ1) is 10.1. The first-order chi connectivity index (χ1) is 7.63. The van der Waals surface area contributed by atoms with E-state index in [9.17, 15) is 8.78 Å². The number of anilines is 1. The van der Waals surface area contributed by atoms with Gasteiger partial charge in [-0.3, -0.25) is 0 Å². The quantitative estimate of drug-likeness (QED) is 0.799. The van der Waals surface area contributed by atoms with E-state index in [0.29, 0.717) is 6.07 Å². The molecule has 0 amide bonds. The summed E-state index contributed by atoms with van der Waals surface area (Å²) in [6, 6.07) is 3.30. The van der Waals surface area contributed by atoms with E-state index in [1.165, 1.54) is 6.20 Å². The lowest BCUT2D eigenvalue weighted by Crippen LogP contribution is -1.92. The number of benzene rings is 1. The van der Waals surface area contributed by atoms with Gasteiger partial charge in [0.2, 0.25) is 5.88 Å². The molecule has 4 nitrogen and oxygen atoms in total. The zero-order valence-corrected chi connectivity index (χ0v) is 7.87. The van der Waals surface area contributed by atoms with Gasteiger partial charge in [0.25, 0.3) is 0 Å². The van der Waals surface area contributed by atoms with E-state index in [4.69, 9.17) is 11.0 Å². The van der Waals surface area contributed by atoms with Crippen molar-refractivity contribution in [3.8, 4) is 17.2 Å². The standard InChI is InChI=1S/C10H5F2N3O/c11-8-2-9(12)6(1-5(8)3-13)7-4-15-16-10(7)14/h1-2,4H,14H2. The number of hydrogen-bond donors (Lipinski definition) is 1. The highest BCUT2D eigenvalue weighted by molar-refractivity contribution is 5.73. The molecular weight excluding hydrogens is 216 g/mol. The van der Waals surface area contributed by atoms with Gasteiger partial charge in [0.15, 0.2) is 0 Å². The van der Waals surface area contributed by atoms with Crippen LogP contribution in [0.5, 0.6) is 0 Å². The number of nitrogen functional groups attached to an aromatic ring is 1. The summed E-state index contributed by atoms with van der Waals surface area (Å²) in [7, 11) is 0. The Labute approximate surface area is 88.9 Å². The lowest BCUT2D eigenvalue weighted by molar-refractivity contribution is 0.436. The summed E-state index contributed by atoms with van der Waals surface area (Å²) in [5.41, 5.74) is 5.30. The minimum atomic E-state index is -0.918. The predicted octanol–water partition coefficient (Wildman–Crippen LogP) is 2.07. The highest BCUT2D eigenvalue weighted by Crippen LogP contribution is 2.29. The van der Waals surface area contributed by atoms with Crippen molar-refractivity contribution in [3.63, 3.8) is 0 Å². The predicted molar refractivity (Wildman–Crippen MR) is 51.0 cm³/mol. The molecule has 16 heavy (non-hydrogen) atoms. The second kappa shape index (κ2) is 3.62. The Morgan fingerprint density at radius 1 is 1.25 bits per heavy atom. The normalized spacial score (nSPS) is 10.1. The summed E-state index contributed by atoms with van der Waals surface area (Å²) in [6.45, 7) is 0.